The fraction of sp³-hybridized carbons (Fsp3) is 0.600. The Hall–Kier alpha value is -2.24. The normalized spacial score (nSPS) is 23.6. The monoisotopic (exact) mass is 357 g/mol. The molecule has 0 radical (unpaired) electrons. The third kappa shape index (κ3) is 3.37. The molecule has 2 fully saturated rings. The summed E-state index contributed by atoms with van der Waals surface area (Å²) in [5, 5.41) is 3.22. The molecule has 2 aliphatic heterocycles. The Balaban J connectivity index is 1.56. The van der Waals surface area contributed by atoms with Crippen LogP contribution in [0.2, 0.25) is 0 Å². The molecule has 1 saturated carbocycles. The van der Waals surface area contributed by atoms with E-state index in [1.165, 1.54) is 19.3 Å². The van der Waals surface area contributed by atoms with Gasteiger partial charge in [-0.2, -0.15) is 0 Å². The van der Waals surface area contributed by atoms with E-state index in [-0.39, 0.29) is 18.2 Å². The molecule has 1 atom stereocenters. The number of hydrogen-bond acceptors (Lipinski definition) is 3. The van der Waals surface area contributed by atoms with Crippen LogP contribution in [0, 0.1) is 6.92 Å². The number of cyclic esters (lactones) is 1. The standard InChI is InChI=1S/C20H27N3O3/c1-14-7-8-15-12-22(19(24)21-16-5-3-2-4-6-16)10-9-17-13-26-20(25)23(17)18(15)11-14/h7-8,11,16-17H,2-6,9-10,12-13H2,1H3,(H,21,24)/t17-/m0/s1. The van der Waals surface area contributed by atoms with Gasteiger partial charge in [0, 0.05) is 19.1 Å². The number of benzene rings is 1. The Labute approximate surface area is 154 Å². The van der Waals surface area contributed by atoms with Gasteiger partial charge in [0.1, 0.15) is 6.61 Å². The van der Waals surface area contributed by atoms with Gasteiger partial charge in [-0.3, -0.25) is 4.90 Å². The van der Waals surface area contributed by atoms with Crippen LogP contribution in [0.4, 0.5) is 15.3 Å². The largest absolute Gasteiger partial charge is 0.447 e. The van der Waals surface area contributed by atoms with Gasteiger partial charge in [0.2, 0.25) is 0 Å². The highest BCUT2D eigenvalue weighted by Gasteiger charge is 2.37. The van der Waals surface area contributed by atoms with Crippen LogP contribution in [0.1, 0.15) is 49.7 Å². The molecule has 1 N–H and O–H groups in total. The second-order valence-corrected chi connectivity index (χ2v) is 7.73. The topological polar surface area (TPSA) is 61.9 Å². The molecule has 6 nitrogen and oxygen atoms in total. The molecule has 6 heteroatoms. The van der Waals surface area contributed by atoms with E-state index in [0.29, 0.717) is 25.7 Å². The Morgan fingerprint density at radius 1 is 1.19 bits per heavy atom. The van der Waals surface area contributed by atoms with Crippen molar-refractivity contribution in [3.63, 3.8) is 0 Å². The molecule has 3 amide bonds. The van der Waals surface area contributed by atoms with Crippen molar-refractivity contribution in [2.45, 2.75) is 64.1 Å². The maximum Gasteiger partial charge on any atom is 0.414 e. The van der Waals surface area contributed by atoms with E-state index >= 15 is 0 Å². The molecule has 1 aromatic carbocycles. The molecule has 0 aromatic heterocycles. The number of rotatable bonds is 1. The first kappa shape index (κ1) is 17.2. The zero-order chi connectivity index (χ0) is 18.1. The van der Waals surface area contributed by atoms with Crippen LogP contribution in [0.25, 0.3) is 0 Å². The molecular weight excluding hydrogens is 330 g/mol. The predicted molar refractivity (Wildman–Crippen MR) is 99.2 cm³/mol. The van der Waals surface area contributed by atoms with E-state index < -0.39 is 0 Å². The zero-order valence-electron chi connectivity index (χ0n) is 15.4. The van der Waals surface area contributed by atoms with Gasteiger partial charge >= 0.3 is 12.1 Å². The summed E-state index contributed by atoms with van der Waals surface area (Å²) in [7, 11) is 0. The number of carbonyl (C=O) groups excluding carboxylic acids is 2. The van der Waals surface area contributed by atoms with E-state index in [2.05, 4.69) is 5.32 Å². The van der Waals surface area contributed by atoms with Gasteiger partial charge < -0.3 is 15.0 Å². The highest BCUT2D eigenvalue weighted by Crippen LogP contribution is 2.32. The Bertz CT molecular complexity index is 700. The van der Waals surface area contributed by atoms with Gasteiger partial charge in [-0.1, -0.05) is 31.4 Å². The summed E-state index contributed by atoms with van der Waals surface area (Å²) < 4.78 is 5.29. The van der Waals surface area contributed by atoms with Crippen LogP contribution < -0.4 is 10.2 Å². The minimum atomic E-state index is -0.276. The smallest absolute Gasteiger partial charge is 0.414 e. The molecule has 140 valence electrons. The maximum absolute atomic E-state index is 12.9. The zero-order valence-corrected chi connectivity index (χ0v) is 15.4. The lowest BCUT2D eigenvalue weighted by molar-refractivity contribution is 0.175. The van der Waals surface area contributed by atoms with E-state index in [9.17, 15) is 9.59 Å². The van der Waals surface area contributed by atoms with Crippen LogP contribution in [-0.2, 0) is 11.3 Å². The highest BCUT2D eigenvalue weighted by molar-refractivity contribution is 5.91. The van der Waals surface area contributed by atoms with Crippen molar-refractivity contribution in [2.75, 3.05) is 18.1 Å². The lowest BCUT2D eigenvalue weighted by atomic mass is 9.96. The van der Waals surface area contributed by atoms with Crippen LogP contribution in [-0.4, -0.2) is 42.3 Å². The lowest BCUT2D eigenvalue weighted by Crippen LogP contribution is -2.48. The molecule has 1 aromatic rings. The molecule has 0 spiro atoms. The van der Waals surface area contributed by atoms with Crippen molar-refractivity contribution in [1.29, 1.82) is 0 Å². The summed E-state index contributed by atoms with van der Waals surface area (Å²) in [6.45, 7) is 3.56. The van der Waals surface area contributed by atoms with Crippen molar-refractivity contribution in [3.05, 3.63) is 29.3 Å². The second-order valence-electron chi connectivity index (χ2n) is 7.73. The van der Waals surface area contributed by atoms with Crippen molar-refractivity contribution in [2.24, 2.45) is 0 Å². The predicted octanol–water partition coefficient (Wildman–Crippen LogP) is 3.57. The Morgan fingerprint density at radius 3 is 2.81 bits per heavy atom. The molecule has 26 heavy (non-hydrogen) atoms. The number of amides is 3. The minimum absolute atomic E-state index is 0.00618. The number of carbonyl (C=O) groups is 2. The first-order chi connectivity index (χ1) is 12.6. The summed E-state index contributed by atoms with van der Waals surface area (Å²) in [6.07, 6.45) is 6.28. The molecule has 1 aliphatic carbocycles. The van der Waals surface area contributed by atoms with Crippen LogP contribution in [0.3, 0.4) is 0 Å². The molecule has 2 heterocycles. The summed E-state index contributed by atoms with van der Waals surface area (Å²) in [4.78, 5) is 28.8. The van der Waals surface area contributed by atoms with Gasteiger partial charge in [-0.25, -0.2) is 9.59 Å². The van der Waals surface area contributed by atoms with Crippen molar-refractivity contribution >= 4 is 17.8 Å². The fourth-order valence-electron chi connectivity index (χ4n) is 4.28. The summed E-state index contributed by atoms with van der Waals surface area (Å²) >= 11 is 0. The number of aryl methyl sites for hydroxylation is 1. The number of ether oxygens (including phenoxy) is 1. The van der Waals surface area contributed by atoms with E-state index in [1.54, 1.807) is 4.90 Å². The van der Waals surface area contributed by atoms with Gasteiger partial charge in [-0.05, 0) is 43.4 Å². The first-order valence-corrected chi connectivity index (χ1v) is 9.73. The molecule has 3 aliphatic rings. The number of nitrogens with zero attached hydrogens (tertiary/aromatic N) is 2. The fourth-order valence-corrected chi connectivity index (χ4v) is 4.28. The molecule has 0 unspecified atom stereocenters. The number of nitrogens with one attached hydrogen (secondary N) is 1. The Kier molecular flexibility index (Phi) is 4.74. The maximum atomic E-state index is 12.9. The highest BCUT2D eigenvalue weighted by atomic mass is 16.6. The Morgan fingerprint density at radius 2 is 2.00 bits per heavy atom. The van der Waals surface area contributed by atoms with Gasteiger partial charge in [0.15, 0.2) is 0 Å². The summed E-state index contributed by atoms with van der Waals surface area (Å²) in [5.41, 5.74) is 2.98. The van der Waals surface area contributed by atoms with E-state index in [0.717, 1.165) is 36.1 Å². The van der Waals surface area contributed by atoms with Gasteiger partial charge in [0.25, 0.3) is 0 Å². The summed E-state index contributed by atoms with van der Waals surface area (Å²) in [5.74, 6) is 0. The number of fused-ring (bicyclic) bond motifs is 3. The molecule has 0 bridgehead atoms. The average molecular weight is 357 g/mol. The third-order valence-electron chi connectivity index (χ3n) is 5.77. The van der Waals surface area contributed by atoms with E-state index in [4.69, 9.17) is 4.74 Å². The molecular formula is C20H27N3O3. The average Bonchev–Trinajstić information content (AvgIpc) is 2.98. The van der Waals surface area contributed by atoms with Crippen molar-refractivity contribution in [1.82, 2.24) is 10.2 Å². The van der Waals surface area contributed by atoms with Crippen LogP contribution >= 0.6 is 0 Å². The van der Waals surface area contributed by atoms with Gasteiger partial charge in [0.05, 0.1) is 11.7 Å². The van der Waals surface area contributed by atoms with E-state index in [1.807, 2.05) is 30.0 Å². The summed E-state index contributed by atoms with van der Waals surface area (Å²) in [6, 6.07) is 6.40. The minimum Gasteiger partial charge on any atom is -0.447 e. The number of urea groups is 1. The van der Waals surface area contributed by atoms with Gasteiger partial charge in [-0.15, -0.1) is 0 Å². The van der Waals surface area contributed by atoms with Crippen molar-refractivity contribution < 1.29 is 14.3 Å². The third-order valence-corrected chi connectivity index (χ3v) is 5.77. The number of anilines is 1. The van der Waals surface area contributed by atoms with Crippen molar-refractivity contribution in [3.8, 4) is 0 Å². The van der Waals surface area contributed by atoms with Crippen LogP contribution in [0.5, 0.6) is 0 Å². The SMILES string of the molecule is Cc1ccc2c(c1)N1C(=O)OC[C@@H]1CCN(C(=O)NC1CCCCC1)C2. The lowest BCUT2D eigenvalue weighted by Gasteiger charge is -2.34. The quantitative estimate of drug-likeness (QED) is 0.836. The second kappa shape index (κ2) is 7.17. The molecule has 1 saturated heterocycles. The number of hydrogen-bond donors (Lipinski definition) is 1. The first-order valence-electron chi connectivity index (χ1n) is 9.73. The molecule has 4 rings (SSSR count). The van der Waals surface area contributed by atoms with Crippen LogP contribution in [0.15, 0.2) is 18.2 Å².